The summed E-state index contributed by atoms with van der Waals surface area (Å²) < 4.78 is 16.1. The second kappa shape index (κ2) is 8.06. The zero-order chi connectivity index (χ0) is 25.2. The van der Waals surface area contributed by atoms with E-state index >= 15 is 0 Å². The molecule has 0 spiro atoms. The van der Waals surface area contributed by atoms with Crippen LogP contribution in [0.3, 0.4) is 0 Å². The molecule has 0 amide bonds. The van der Waals surface area contributed by atoms with Crippen LogP contribution in [0, 0.1) is 5.41 Å². The molecule has 7 nitrogen and oxygen atoms in total. The van der Waals surface area contributed by atoms with Gasteiger partial charge in [0.05, 0.1) is 18.5 Å². The third-order valence-corrected chi connectivity index (χ3v) is 7.83. The second-order valence-corrected chi connectivity index (χ2v) is 10.9. The maximum absolute atomic E-state index is 13.6. The van der Waals surface area contributed by atoms with Gasteiger partial charge in [0.25, 0.3) is 0 Å². The number of anilines is 1. The number of fused-ring (bicyclic) bond motifs is 3. The van der Waals surface area contributed by atoms with Crippen molar-refractivity contribution in [3.63, 3.8) is 0 Å². The molecule has 3 heterocycles. The molecule has 0 atom stereocenters. The van der Waals surface area contributed by atoms with Crippen molar-refractivity contribution in [1.29, 1.82) is 0 Å². The summed E-state index contributed by atoms with van der Waals surface area (Å²) in [5, 5.41) is 0.640. The van der Waals surface area contributed by atoms with Gasteiger partial charge < -0.3 is 19.9 Å². The summed E-state index contributed by atoms with van der Waals surface area (Å²) in [7, 11) is 1.61. The maximum Gasteiger partial charge on any atom is 0.231 e. The molecule has 182 valence electrons. The minimum Gasteiger partial charge on any atom is -0.497 e. The zero-order valence-corrected chi connectivity index (χ0v) is 21.0. The standard InChI is InChI=1S/C28H24N2O5S/c1-28(2)11-17-22(18(31)12-28)21(14-4-7-16(33-3)8-5-14)23-24(29)26(36-27(23)30-17)25(32)15-6-9-19-20(10-15)35-13-34-19/h4-10H,11-13,29H2,1-3H3. The third kappa shape index (κ3) is 3.52. The van der Waals surface area contributed by atoms with Crippen LogP contribution in [0.25, 0.3) is 21.3 Å². The van der Waals surface area contributed by atoms with E-state index in [1.54, 1.807) is 25.3 Å². The second-order valence-electron chi connectivity index (χ2n) is 9.90. The lowest BCUT2D eigenvalue weighted by Gasteiger charge is -2.31. The molecule has 2 aromatic carbocycles. The Kier molecular flexibility index (Phi) is 5.05. The number of benzene rings is 2. The van der Waals surface area contributed by atoms with E-state index in [2.05, 4.69) is 13.8 Å². The van der Waals surface area contributed by atoms with E-state index in [9.17, 15) is 9.59 Å². The van der Waals surface area contributed by atoms with E-state index in [0.29, 0.717) is 62.0 Å². The fourth-order valence-electron chi connectivity index (χ4n) is 5.05. The van der Waals surface area contributed by atoms with Gasteiger partial charge in [-0.2, -0.15) is 0 Å². The summed E-state index contributed by atoms with van der Waals surface area (Å²) in [5.74, 6) is 1.66. The Morgan fingerprint density at radius 2 is 1.81 bits per heavy atom. The number of rotatable bonds is 4. The molecular weight excluding hydrogens is 476 g/mol. The number of nitrogens with zero attached hydrogens (tertiary/aromatic N) is 1. The quantitative estimate of drug-likeness (QED) is 0.360. The lowest BCUT2D eigenvalue weighted by Crippen LogP contribution is -2.28. The van der Waals surface area contributed by atoms with E-state index in [0.717, 1.165) is 16.8 Å². The molecule has 8 heteroatoms. The number of aromatic nitrogens is 1. The molecule has 0 radical (unpaired) electrons. The molecule has 2 aromatic heterocycles. The SMILES string of the molecule is COc1ccc(-c2c3c(nc4sc(C(=O)c5ccc6c(c5)OCO6)c(N)c24)CC(C)(C)CC3=O)cc1. The van der Waals surface area contributed by atoms with E-state index in [4.69, 9.17) is 24.9 Å². The summed E-state index contributed by atoms with van der Waals surface area (Å²) in [6.45, 7) is 4.28. The number of pyridine rings is 1. The molecular formula is C28H24N2O5S. The number of carbonyl (C=O) groups excluding carboxylic acids is 2. The van der Waals surface area contributed by atoms with Crippen LogP contribution < -0.4 is 19.9 Å². The lowest BCUT2D eigenvalue weighted by molar-refractivity contribution is 0.0911. The Balaban J connectivity index is 1.58. The van der Waals surface area contributed by atoms with Crippen molar-refractivity contribution >= 4 is 38.8 Å². The number of thiophene rings is 1. The summed E-state index contributed by atoms with van der Waals surface area (Å²) in [5.41, 5.74) is 10.2. The predicted octanol–water partition coefficient (Wildman–Crippen LogP) is 5.67. The van der Waals surface area contributed by atoms with Gasteiger partial charge in [0.15, 0.2) is 17.3 Å². The number of methoxy groups -OCH3 is 1. The first kappa shape index (κ1) is 22.5. The van der Waals surface area contributed by atoms with Gasteiger partial charge in [0.1, 0.15) is 15.5 Å². The van der Waals surface area contributed by atoms with Crippen LogP contribution in [0.2, 0.25) is 0 Å². The van der Waals surface area contributed by atoms with Crippen LogP contribution in [0.15, 0.2) is 42.5 Å². The van der Waals surface area contributed by atoms with Crippen molar-refractivity contribution in [2.24, 2.45) is 5.41 Å². The third-order valence-electron chi connectivity index (χ3n) is 6.74. The Bertz CT molecular complexity index is 1570. The van der Waals surface area contributed by atoms with Gasteiger partial charge in [-0.25, -0.2) is 4.98 Å². The van der Waals surface area contributed by atoms with Crippen molar-refractivity contribution in [3.05, 3.63) is 64.2 Å². The minimum atomic E-state index is -0.223. The van der Waals surface area contributed by atoms with Crippen LogP contribution in [0.4, 0.5) is 5.69 Å². The Labute approximate surface area is 211 Å². The normalized spacial score (nSPS) is 15.7. The molecule has 2 N–H and O–H groups in total. The van der Waals surface area contributed by atoms with Crippen LogP contribution in [-0.4, -0.2) is 30.5 Å². The summed E-state index contributed by atoms with van der Waals surface area (Å²) >= 11 is 1.26. The highest BCUT2D eigenvalue weighted by Crippen LogP contribution is 2.47. The number of nitrogen functional groups attached to an aromatic ring is 1. The first-order chi connectivity index (χ1) is 17.3. The molecule has 0 fully saturated rings. The molecule has 0 bridgehead atoms. The fraction of sp³-hybridized carbons (Fsp3) is 0.250. The Morgan fingerprint density at radius 1 is 1.06 bits per heavy atom. The average molecular weight is 501 g/mol. The number of nitrogens with two attached hydrogens (primary N) is 1. The molecule has 6 rings (SSSR count). The number of ether oxygens (including phenoxy) is 3. The van der Waals surface area contributed by atoms with Gasteiger partial charge >= 0.3 is 0 Å². The number of hydrogen-bond acceptors (Lipinski definition) is 8. The fourth-order valence-corrected chi connectivity index (χ4v) is 6.14. The number of ketones is 2. The van der Waals surface area contributed by atoms with E-state index in [1.165, 1.54) is 11.3 Å². The van der Waals surface area contributed by atoms with Crippen molar-refractivity contribution in [1.82, 2.24) is 4.98 Å². The van der Waals surface area contributed by atoms with Crippen molar-refractivity contribution < 1.29 is 23.8 Å². The molecule has 1 aliphatic heterocycles. The minimum absolute atomic E-state index is 0.0377. The molecule has 0 unspecified atom stereocenters. The van der Waals surface area contributed by atoms with Crippen LogP contribution in [-0.2, 0) is 6.42 Å². The number of hydrogen-bond donors (Lipinski definition) is 1. The number of carbonyl (C=O) groups is 2. The van der Waals surface area contributed by atoms with Crippen molar-refractivity contribution in [2.75, 3.05) is 19.6 Å². The molecule has 36 heavy (non-hydrogen) atoms. The van der Waals surface area contributed by atoms with Crippen LogP contribution in [0.5, 0.6) is 17.2 Å². The smallest absolute Gasteiger partial charge is 0.231 e. The van der Waals surface area contributed by atoms with Crippen LogP contribution >= 0.6 is 11.3 Å². The monoisotopic (exact) mass is 500 g/mol. The highest BCUT2D eigenvalue weighted by molar-refractivity contribution is 7.21. The van der Waals surface area contributed by atoms with Gasteiger partial charge in [0, 0.05) is 28.5 Å². The maximum atomic E-state index is 13.6. The zero-order valence-electron chi connectivity index (χ0n) is 20.1. The van der Waals surface area contributed by atoms with Gasteiger partial charge in [-0.1, -0.05) is 26.0 Å². The Hall–Kier alpha value is -3.91. The van der Waals surface area contributed by atoms with Gasteiger partial charge in [-0.05, 0) is 47.7 Å². The largest absolute Gasteiger partial charge is 0.497 e. The number of Topliss-reactive ketones (excluding diaryl/α,β-unsaturated/α-hetero) is 1. The Morgan fingerprint density at radius 3 is 2.56 bits per heavy atom. The van der Waals surface area contributed by atoms with E-state index in [1.807, 2.05) is 24.3 Å². The molecule has 4 aromatic rings. The van der Waals surface area contributed by atoms with E-state index < -0.39 is 0 Å². The molecule has 1 aliphatic carbocycles. The van der Waals surface area contributed by atoms with Gasteiger partial charge in [-0.3, -0.25) is 9.59 Å². The van der Waals surface area contributed by atoms with Crippen molar-refractivity contribution in [3.8, 4) is 28.4 Å². The summed E-state index contributed by atoms with van der Waals surface area (Å²) in [6.07, 6.45) is 1.08. The molecule has 0 saturated carbocycles. The van der Waals surface area contributed by atoms with E-state index in [-0.39, 0.29) is 23.8 Å². The lowest BCUT2D eigenvalue weighted by atomic mass is 9.73. The topological polar surface area (TPSA) is 101 Å². The van der Waals surface area contributed by atoms with Gasteiger partial charge in [0.2, 0.25) is 12.6 Å². The molecule has 2 aliphatic rings. The van der Waals surface area contributed by atoms with Crippen LogP contribution in [0.1, 0.15) is 51.6 Å². The first-order valence-corrected chi connectivity index (χ1v) is 12.4. The molecule has 0 saturated heterocycles. The van der Waals surface area contributed by atoms with Crippen molar-refractivity contribution in [2.45, 2.75) is 26.7 Å². The highest BCUT2D eigenvalue weighted by atomic mass is 32.1. The first-order valence-electron chi connectivity index (χ1n) is 11.6. The van der Waals surface area contributed by atoms with Gasteiger partial charge in [-0.15, -0.1) is 11.3 Å². The summed E-state index contributed by atoms with van der Waals surface area (Å²) in [4.78, 5) is 33.0. The average Bonchev–Trinajstić information content (AvgIpc) is 3.45. The highest BCUT2D eigenvalue weighted by Gasteiger charge is 2.36. The summed E-state index contributed by atoms with van der Waals surface area (Å²) in [6, 6.07) is 12.6. The predicted molar refractivity (Wildman–Crippen MR) is 138 cm³/mol.